The van der Waals surface area contributed by atoms with E-state index in [0.29, 0.717) is 19.5 Å². The van der Waals surface area contributed by atoms with Crippen LogP contribution in [0.15, 0.2) is 53.0 Å². The van der Waals surface area contributed by atoms with Crippen LogP contribution in [0.25, 0.3) is 0 Å². The molecule has 1 saturated heterocycles. The number of benzene rings is 2. The van der Waals surface area contributed by atoms with Gasteiger partial charge < -0.3 is 15.5 Å². The molecular formula is C19H20BrN3O2. The third-order valence-corrected chi connectivity index (χ3v) is 4.57. The summed E-state index contributed by atoms with van der Waals surface area (Å²) in [5.74, 6) is 0.219. The number of rotatable bonds is 5. The highest BCUT2D eigenvalue weighted by Gasteiger charge is 2.19. The maximum absolute atomic E-state index is 12.0. The topological polar surface area (TPSA) is 61.4 Å². The molecule has 0 aromatic heterocycles. The summed E-state index contributed by atoms with van der Waals surface area (Å²) >= 11 is 3.38. The van der Waals surface area contributed by atoms with Gasteiger partial charge in [0.15, 0.2) is 0 Å². The predicted molar refractivity (Wildman–Crippen MR) is 101 cm³/mol. The number of anilines is 1. The Hall–Kier alpha value is -2.34. The first-order chi connectivity index (χ1) is 12.1. The van der Waals surface area contributed by atoms with Gasteiger partial charge >= 0.3 is 6.03 Å². The van der Waals surface area contributed by atoms with E-state index in [1.165, 1.54) is 0 Å². The van der Waals surface area contributed by atoms with Crippen LogP contribution < -0.4 is 10.6 Å². The number of hydrogen-bond donors (Lipinski definition) is 2. The van der Waals surface area contributed by atoms with Crippen LogP contribution in [-0.4, -0.2) is 23.4 Å². The van der Waals surface area contributed by atoms with Gasteiger partial charge in [-0.25, -0.2) is 4.79 Å². The van der Waals surface area contributed by atoms with E-state index in [1.807, 2.05) is 53.4 Å². The van der Waals surface area contributed by atoms with E-state index >= 15 is 0 Å². The maximum Gasteiger partial charge on any atom is 0.319 e. The van der Waals surface area contributed by atoms with Crippen molar-refractivity contribution in [1.29, 1.82) is 0 Å². The lowest BCUT2D eigenvalue weighted by molar-refractivity contribution is -0.128. The highest BCUT2D eigenvalue weighted by molar-refractivity contribution is 9.10. The molecule has 0 spiro atoms. The van der Waals surface area contributed by atoms with Gasteiger partial charge in [0.25, 0.3) is 0 Å². The SMILES string of the molecule is O=C(NCc1cccc(CN2CCCC2=O)c1)Nc1cccc(Br)c1. The molecule has 1 heterocycles. The molecule has 0 atom stereocenters. The molecule has 25 heavy (non-hydrogen) atoms. The quantitative estimate of drug-likeness (QED) is 0.797. The lowest BCUT2D eigenvalue weighted by Crippen LogP contribution is -2.28. The van der Waals surface area contributed by atoms with Crippen LogP contribution in [0.4, 0.5) is 10.5 Å². The second kappa shape index (κ2) is 8.16. The number of amides is 3. The minimum atomic E-state index is -0.252. The van der Waals surface area contributed by atoms with Gasteiger partial charge in [-0.3, -0.25) is 4.79 Å². The number of carbonyl (C=O) groups excluding carboxylic acids is 2. The maximum atomic E-state index is 12.0. The molecule has 1 fully saturated rings. The minimum absolute atomic E-state index is 0.219. The zero-order chi connectivity index (χ0) is 17.6. The summed E-state index contributed by atoms with van der Waals surface area (Å²) in [4.78, 5) is 25.6. The van der Waals surface area contributed by atoms with Crippen molar-refractivity contribution in [2.24, 2.45) is 0 Å². The molecule has 3 amide bonds. The van der Waals surface area contributed by atoms with Crippen molar-refractivity contribution >= 4 is 33.6 Å². The van der Waals surface area contributed by atoms with Gasteiger partial charge in [0.05, 0.1) is 0 Å². The Morgan fingerprint density at radius 2 is 1.92 bits per heavy atom. The van der Waals surface area contributed by atoms with Crippen molar-refractivity contribution in [3.63, 3.8) is 0 Å². The van der Waals surface area contributed by atoms with Crippen LogP contribution in [0.1, 0.15) is 24.0 Å². The van der Waals surface area contributed by atoms with Gasteiger partial charge in [0.2, 0.25) is 5.91 Å². The summed E-state index contributed by atoms with van der Waals surface area (Å²) in [7, 11) is 0. The second-order valence-corrected chi connectivity index (χ2v) is 6.97. The molecule has 0 bridgehead atoms. The normalized spacial score (nSPS) is 13.8. The molecule has 5 nitrogen and oxygen atoms in total. The van der Waals surface area contributed by atoms with E-state index < -0.39 is 0 Å². The summed E-state index contributed by atoms with van der Waals surface area (Å²) in [5.41, 5.74) is 2.82. The van der Waals surface area contributed by atoms with E-state index in [0.717, 1.165) is 34.3 Å². The van der Waals surface area contributed by atoms with E-state index in [-0.39, 0.29) is 11.9 Å². The smallest absolute Gasteiger partial charge is 0.319 e. The molecule has 6 heteroatoms. The van der Waals surface area contributed by atoms with Gasteiger partial charge in [-0.2, -0.15) is 0 Å². The number of hydrogen-bond acceptors (Lipinski definition) is 2. The van der Waals surface area contributed by atoms with E-state index in [4.69, 9.17) is 0 Å². The highest BCUT2D eigenvalue weighted by Crippen LogP contribution is 2.16. The molecule has 1 aliphatic heterocycles. The fourth-order valence-corrected chi connectivity index (χ4v) is 3.25. The molecule has 2 aromatic rings. The Kier molecular flexibility index (Phi) is 5.71. The molecule has 0 radical (unpaired) electrons. The van der Waals surface area contributed by atoms with E-state index in [2.05, 4.69) is 26.6 Å². The number of carbonyl (C=O) groups is 2. The molecule has 0 unspecified atom stereocenters. The predicted octanol–water partition coefficient (Wildman–Crippen LogP) is 3.89. The highest BCUT2D eigenvalue weighted by atomic mass is 79.9. The summed E-state index contributed by atoms with van der Waals surface area (Å²) in [6.07, 6.45) is 1.59. The fourth-order valence-electron chi connectivity index (χ4n) is 2.85. The molecule has 0 saturated carbocycles. The molecular weight excluding hydrogens is 382 g/mol. The molecule has 1 aliphatic rings. The first-order valence-electron chi connectivity index (χ1n) is 8.26. The molecule has 2 N–H and O–H groups in total. The molecule has 130 valence electrons. The Bertz CT molecular complexity index is 779. The average Bonchev–Trinajstić information content (AvgIpc) is 2.98. The van der Waals surface area contributed by atoms with Crippen LogP contribution >= 0.6 is 15.9 Å². The van der Waals surface area contributed by atoms with Crippen molar-refractivity contribution in [3.05, 3.63) is 64.1 Å². The Balaban J connectivity index is 1.53. The zero-order valence-corrected chi connectivity index (χ0v) is 15.4. The van der Waals surface area contributed by atoms with Gasteiger partial charge in [-0.05, 0) is 35.7 Å². The Morgan fingerprint density at radius 3 is 2.68 bits per heavy atom. The second-order valence-electron chi connectivity index (χ2n) is 6.06. The molecule has 2 aromatic carbocycles. The van der Waals surface area contributed by atoms with Gasteiger partial charge in [-0.1, -0.05) is 46.3 Å². The third kappa shape index (κ3) is 5.06. The summed E-state index contributed by atoms with van der Waals surface area (Å²) in [6, 6.07) is 15.2. The Labute approximate surface area is 155 Å². The monoisotopic (exact) mass is 401 g/mol. The van der Waals surface area contributed by atoms with E-state index in [9.17, 15) is 9.59 Å². The van der Waals surface area contributed by atoms with Crippen molar-refractivity contribution in [3.8, 4) is 0 Å². The molecule has 0 aliphatic carbocycles. The third-order valence-electron chi connectivity index (χ3n) is 4.07. The van der Waals surface area contributed by atoms with Crippen LogP contribution in [-0.2, 0) is 17.9 Å². The Morgan fingerprint density at radius 1 is 1.12 bits per heavy atom. The van der Waals surface area contributed by atoms with Crippen molar-refractivity contribution in [2.45, 2.75) is 25.9 Å². The number of nitrogens with one attached hydrogen (secondary N) is 2. The summed E-state index contributed by atoms with van der Waals surface area (Å²) < 4.78 is 0.912. The number of likely N-dealkylation sites (tertiary alicyclic amines) is 1. The fraction of sp³-hybridized carbons (Fsp3) is 0.263. The first-order valence-corrected chi connectivity index (χ1v) is 9.05. The van der Waals surface area contributed by atoms with Crippen molar-refractivity contribution in [1.82, 2.24) is 10.2 Å². The van der Waals surface area contributed by atoms with Crippen LogP contribution in [0.5, 0.6) is 0 Å². The number of nitrogens with zero attached hydrogens (tertiary/aromatic N) is 1. The summed E-state index contributed by atoms with van der Waals surface area (Å²) in [6.45, 7) is 1.90. The van der Waals surface area contributed by atoms with Gasteiger partial charge in [-0.15, -0.1) is 0 Å². The van der Waals surface area contributed by atoms with Gasteiger partial charge in [0, 0.05) is 36.2 Å². The average molecular weight is 402 g/mol. The lowest BCUT2D eigenvalue weighted by atomic mass is 10.1. The standard InChI is InChI=1S/C19H20BrN3O2/c20-16-6-2-7-17(11-16)22-19(25)21-12-14-4-1-5-15(10-14)13-23-9-3-8-18(23)24/h1-2,4-7,10-11H,3,8-9,12-13H2,(H2,21,22,25). The first kappa shape index (κ1) is 17.5. The summed E-state index contributed by atoms with van der Waals surface area (Å²) in [5, 5.41) is 5.65. The lowest BCUT2D eigenvalue weighted by Gasteiger charge is -2.16. The van der Waals surface area contributed by atoms with Crippen LogP contribution in [0.3, 0.4) is 0 Å². The van der Waals surface area contributed by atoms with Crippen molar-refractivity contribution < 1.29 is 9.59 Å². The minimum Gasteiger partial charge on any atom is -0.338 e. The van der Waals surface area contributed by atoms with Gasteiger partial charge in [0.1, 0.15) is 0 Å². The van der Waals surface area contributed by atoms with E-state index in [1.54, 1.807) is 0 Å². The number of urea groups is 1. The number of halogens is 1. The van der Waals surface area contributed by atoms with Crippen LogP contribution in [0, 0.1) is 0 Å². The van der Waals surface area contributed by atoms with Crippen LogP contribution in [0.2, 0.25) is 0 Å². The largest absolute Gasteiger partial charge is 0.338 e. The zero-order valence-electron chi connectivity index (χ0n) is 13.8. The van der Waals surface area contributed by atoms with Crippen molar-refractivity contribution in [2.75, 3.05) is 11.9 Å². The molecule has 3 rings (SSSR count).